The second kappa shape index (κ2) is 7.27. The predicted molar refractivity (Wildman–Crippen MR) is 116 cm³/mol. The summed E-state index contributed by atoms with van der Waals surface area (Å²) in [5, 5.41) is 0. The van der Waals surface area contributed by atoms with Gasteiger partial charge in [0.2, 0.25) is 11.8 Å². The highest BCUT2D eigenvalue weighted by Crippen LogP contribution is 2.65. The van der Waals surface area contributed by atoms with Crippen molar-refractivity contribution in [3.8, 4) is 11.5 Å². The van der Waals surface area contributed by atoms with E-state index in [0.29, 0.717) is 23.1 Å². The van der Waals surface area contributed by atoms with Crippen molar-refractivity contribution < 1.29 is 28.2 Å². The van der Waals surface area contributed by atoms with E-state index in [-0.39, 0.29) is 59.3 Å². The van der Waals surface area contributed by atoms with Gasteiger partial charge in [-0.1, -0.05) is 12.2 Å². The van der Waals surface area contributed by atoms with Crippen LogP contribution in [0.15, 0.2) is 54.6 Å². The fraction of sp³-hybridized carbons (Fsp3) is 0.346. The average Bonchev–Trinajstić information content (AvgIpc) is 3.61. The van der Waals surface area contributed by atoms with Crippen LogP contribution in [-0.2, 0) is 9.59 Å². The van der Waals surface area contributed by atoms with Gasteiger partial charge < -0.3 is 9.47 Å². The van der Waals surface area contributed by atoms with Crippen LogP contribution in [-0.4, -0.2) is 31.3 Å². The highest BCUT2D eigenvalue weighted by atomic mass is 19.1. The van der Waals surface area contributed by atoms with E-state index in [4.69, 9.17) is 9.47 Å². The van der Waals surface area contributed by atoms with E-state index in [2.05, 4.69) is 12.2 Å². The van der Waals surface area contributed by atoms with Crippen LogP contribution in [0.4, 0.5) is 10.1 Å². The zero-order chi connectivity index (χ0) is 22.9. The topological polar surface area (TPSA) is 72.9 Å². The Morgan fingerprint density at radius 1 is 1.00 bits per heavy atom. The molecule has 4 aliphatic carbocycles. The van der Waals surface area contributed by atoms with Gasteiger partial charge in [0.05, 0.1) is 24.6 Å². The second-order valence-corrected chi connectivity index (χ2v) is 9.22. The molecule has 6 atom stereocenters. The van der Waals surface area contributed by atoms with Crippen molar-refractivity contribution in [3.63, 3.8) is 0 Å². The Hall–Kier alpha value is -3.48. The lowest BCUT2D eigenvalue weighted by Crippen LogP contribution is -2.40. The van der Waals surface area contributed by atoms with Crippen molar-refractivity contribution in [3.05, 3.63) is 66.0 Å². The molecule has 5 aliphatic rings. The van der Waals surface area contributed by atoms with Crippen molar-refractivity contribution in [2.24, 2.45) is 35.5 Å². The first kappa shape index (κ1) is 20.1. The summed E-state index contributed by atoms with van der Waals surface area (Å²) in [5.41, 5.74) is 0.629. The van der Waals surface area contributed by atoms with Crippen molar-refractivity contribution in [2.45, 2.75) is 6.42 Å². The molecule has 1 aliphatic heterocycles. The number of ketones is 1. The van der Waals surface area contributed by atoms with Crippen LogP contribution in [0, 0.1) is 41.3 Å². The van der Waals surface area contributed by atoms with Crippen molar-refractivity contribution in [1.29, 1.82) is 0 Å². The summed E-state index contributed by atoms with van der Waals surface area (Å²) in [6.07, 6.45) is 5.30. The molecule has 6 nitrogen and oxygen atoms in total. The van der Waals surface area contributed by atoms with Gasteiger partial charge in [-0.15, -0.1) is 0 Å². The van der Waals surface area contributed by atoms with Gasteiger partial charge in [-0.25, -0.2) is 9.29 Å². The predicted octanol–water partition coefficient (Wildman–Crippen LogP) is 3.65. The fourth-order valence-corrected chi connectivity index (χ4v) is 5.96. The zero-order valence-electron chi connectivity index (χ0n) is 17.9. The Kier molecular flexibility index (Phi) is 4.44. The number of hydrogen-bond acceptors (Lipinski definition) is 5. The lowest BCUT2D eigenvalue weighted by molar-refractivity contribution is -0.124. The molecule has 0 spiro atoms. The Morgan fingerprint density at radius 2 is 1.64 bits per heavy atom. The molecular formula is C26H22FNO5. The second-order valence-electron chi connectivity index (χ2n) is 9.22. The first-order valence-corrected chi connectivity index (χ1v) is 11.1. The number of anilines is 1. The molecule has 7 rings (SSSR count). The molecule has 0 aromatic heterocycles. The van der Waals surface area contributed by atoms with Gasteiger partial charge in [-0.2, -0.15) is 0 Å². The molecule has 2 bridgehead atoms. The van der Waals surface area contributed by atoms with Crippen LogP contribution >= 0.6 is 0 Å². The maximum absolute atomic E-state index is 14.8. The number of halogens is 1. The minimum Gasteiger partial charge on any atom is -0.497 e. The highest BCUT2D eigenvalue weighted by molar-refractivity contribution is 6.22. The van der Waals surface area contributed by atoms with Crippen LogP contribution < -0.4 is 14.4 Å². The number of benzene rings is 2. The summed E-state index contributed by atoms with van der Waals surface area (Å²) in [7, 11) is 1.53. The van der Waals surface area contributed by atoms with Crippen LogP contribution in [0.3, 0.4) is 0 Å². The lowest BCUT2D eigenvalue weighted by Gasteiger charge is -2.37. The number of imide groups is 1. The molecule has 0 radical (unpaired) electrons. The van der Waals surface area contributed by atoms with Crippen LogP contribution in [0.5, 0.6) is 11.5 Å². The third-order valence-corrected chi connectivity index (χ3v) is 7.61. The van der Waals surface area contributed by atoms with Gasteiger partial charge in [-0.05, 0) is 66.5 Å². The van der Waals surface area contributed by atoms with Gasteiger partial charge >= 0.3 is 0 Å². The molecule has 2 amide bonds. The van der Waals surface area contributed by atoms with Crippen LogP contribution in [0.25, 0.3) is 0 Å². The summed E-state index contributed by atoms with van der Waals surface area (Å²) in [5.74, 6) is -0.426. The van der Waals surface area contributed by atoms with Gasteiger partial charge in [0.1, 0.15) is 5.75 Å². The van der Waals surface area contributed by atoms with Crippen LogP contribution in [0.2, 0.25) is 0 Å². The molecule has 1 heterocycles. The quantitative estimate of drug-likeness (QED) is 0.384. The molecule has 2 aromatic rings. The number of amides is 2. The summed E-state index contributed by atoms with van der Waals surface area (Å²) in [6.45, 7) is -0.341. The van der Waals surface area contributed by atoms with E-state index in [0.717, 1.165) is 17.4 Å². The number of nitrogens with zero attached hydrogens (tertiary/aromatic N) is 1. The van der Waals surface area contributed by atoms with E-state index in [1.165, 1.54) is 19.2 Å². The van der Waals surface area contributed by atoms with Gasteiger partial charge in [0.25, 0.3) is 0 Å². The number of carbonyl (C=O) groups excluding carboxylic acids is 3. The average molecular weight is 447 g/mol. The standard InChI is InChI=1S/C26H22FNO5/c1-32-15-5-2-13(3-6-15)21(29)12-33-22-9-4-14(10-20(22)27)28-25(30)23-16-7-8-17(19-11-18(16)19)24(23)26(28)31/h2-10,16-19,23-24H,11-12H2,1H3/t16-,17+,18+,19-,23-,24+. The third kappa shape index (κ3) is 3.02. The Balaban J connectivity index is 1.17. The van der Waals surface area contributed by atoms with Crippen molar-refractivity contribution >= 4 is 23.3 Å². The minimum absolute atomic E-state index is 0.111. The Morgan fingerprint density at radius 3 is 2.21 bits per heavy atom. The summed E-state index contributed by atoms with van der Waals surface area (Å²) in [6, 6.07) is 10.5. The number of carbonyl (C=O) groups is 3. The molecule has 2 saturated carbocycles. The van der Waals surface area contributed by atoms with E-state index in [1.54, 1.807) is 24.3 Å². The molecule has 3 fully saturated rings. The number of Topliss-reactive ketones (excluding diaryl/α,β-unsaturated/α-hetero) is 1. The molecule has 2 aromatic carbocycles. The molecule has 0 N–H and O–H groups in total. The summed E-state index contributed by atoms with van der Waals surface area (Å²) >= 11 is 0. The van der Waals surface area contributed by atoms with Gasteiger partial charge in [0, 0.05) is 11.6 Å². The molecule has 7 heteroatoms. The maximum Gasteiger partial charge on any atom is 0.238 e. The van der Waals surface area contributed by atoms with Gasteiger partial charge in [0.15, 0.2) is 24.0 Å². The number of hydrogen-bond donors (Lipinski definition) is 0. The highest BCUT2D eigenvalue weighted by Gasteiger charge is 2.67. The first-order chi connectivity index (χ1) is 16.0. The van der Waals surface area contributed by atoms with Crippen LogP contribution in [0.1, 0.15) is 16.8 Å². The van der Waals surface area contributed by atoms with E-state index in [9.17, 15) is 18.8 Å². The number of ether oxygens (including phenoxy) is 2. The monoisotopic (exact) mass is 447 g/mol. The Labute approximate surface area is 190 Å². The van der Waals surface area contributed by atoms with Crippen molar-refractivity contribution in [1.82, 2.24) is 0 Å². The molecule has 168 valence electrons. The lowest BCUT2D eigenvalue weighted by atomic mass is 9.63. The first-order valence-electron chi connectivity index (χ1n) is 11.1. The van der Waals surface area contributed by atoms with E-state index < -0.39 is 5.82 Å². The molecule has 0 unspecified atom stereocenters. The maximum atomic E-state index is 14.8. The normalized spacial score (nSPS) is 30.8. The number of allylic oxidation sites excluding steroid dienone is 2. The SMILES string of the molecule is COc1ccc(C(=O)COc2ccc(N3C(=O)[C@@H]4[C@@H]5C=C[C@@H]([C@H]6C[C@@H]56)[C@@H]4C3=O)cc2F)cc1. The smallest absolute Gasteiger partial charge is 0.238 e. The number of rotatable bonds is 6. The molecular weight excluding hydrogens is 425 g/mol. The summed E-state index contributed by atoms with van der Waals surface area (Å²) in [4.78, 5) is 39.8. The summed E-state index contributed by atoms with van der Waals surface area (Å²) < 4.78 is 25.3. The van der Waals surface area contributed by atoms with Gasteiger partial charge in [-0.3, -0.25) is 14.4 Å². The minimum atomic E-state index is -0.727. The Bertz CT molecular complexity index is 1170. The van der Waals surface area contributed by atoms with E-state index in [1.807, 2.05) is 0 Å². The fourth-order valence-electron chi connectivity index (χ4n) is 5.96. The van der Waals surface area contributed by atoms with Crippen molar-refractivity contribution in [2.75, 3.05) is 18.6 Å². The van der Waals surface area contributed by atoms with E-state index >= 15 is 0 Å². The zero-order valence-corrected chi connectivity index (χ0v) is 17.9. The molecule has 33 heavy (non-hydrogen) atoms. The number of methoxy groups -OCH3 is 1. The molecule has 1 saturated heterocycles. The largest absolute Gasteiger partial charge is 0.497 e. The third-order valence-electron chi connectivity index (χ3n) is 7.61.